The van der Waals surface area contributed by atoms with Gasteiger partial charge in [0.25, 0.3) is 5.91 Å². The van der Waals surface area contributed by atoms with Crippen LogP contribution in [0.5, 0.6) is 0 Å². The van der Waals surface area contributed by atoms with Crippen LogP contribution in [0, 0.1) is 0 Å². The zero-order valence-electron chi connectivity index (χ0n) is 22.0. The molecule has 0 atom stereocenters. The number of carbonyl (C=O) groups excluding carboxylic acids is 1. The Labute approximate surface area is 264 Å². The molecule has 2 heterocycles. The van der Waals surface area contributed by atoms with Gasteiger partial charge < -0.3 is 5.32 Å². The van der Waals surface area contributed by atoms with Crippen LogP contribution < -0.4 is 5.32 Å². The van der Waals surface area contributed by atoms with Crippen LogP contribution in [-0.2, 0) is 5.41 Å². The fourth-order valence-electron chi connectivity index (χ4n) is 4.85. The molecule has 2 aromatic heterocycles. The maximum atomic E-state index is 13.9. The fraction of sp³-hybridized carbons (Fsp3) is 0.200. The Kier molecular flexibility index (Phi) is 7.72. The molecular weight excluding hydrogens is 665 g/mol. The summed E-state index contributed by atoms with van der Waals surface area (Å²) in [5.41, 5.74) is 3.73. The van der Waals surface area contributed by atoms with Gasteiger partial charge in [-0.2, -0.15) is 5.10 Å². The van der Waals surface area contributed by atoms with Crippen LogP contribution in [0.3, 0.4) is 0 Å². The number of aromatic nitrogens is 4. The Hall–Kier alpha value is -2.75. The van der Waals surface area contributed by atoms with Gasteiger partial charge in [-0.25, -0.2) is 4.68 Å². The van der Waals surface area contributed by atoms with Crippen molar-refractivity contribution >= 4 is 68.0 Å². The van der Waals surface area contributed by atoms with Crippen molar-refractivity contribution in [1.82, 2.24) is 25.3 Å². The molecule has 11 heteroatoms. The smallest absolute Gasteiger partial charge is 0.256 e. The number of nitrogens with one attached hydrogen (secondary N) is 1. The van der Waals surface area contributed by atoms with Gasteiger partial charge in [0.15, 0.2) is 5.01 Å². The average Bonchev–Trinajstić information content (AvgIpc) is 3.41. The highest BCUT2D eigenvalue weighted by molar-refractivity contribution is 9.10. The van der Waals surface area contributed by atoms with Crippen LogP contribution in [-0.4, -0.2) is 31.9 Å². The summed E-state index contributed by atoms with van der Waals surface area (Å²) in [5, 5.41) is 20.2. The lowest BCUT2D eigenvalue weighted by Gasteiger charge is -2.13. The van der Waals surface area contributed by atoms with E-state index in [9.17, 15) is 4.79 Å². The van der Waals surface area contributed by atoms with E-state index < -0.39 is 0 Å². The minimum Gasteiger partial charge on any atom is -0.350 e. The first-order valence-corrected chi connectivity index (χ1v) is 15.7. The van der Waals surface area contributed by atoms with E-state index >= 15 is 0 Å². The molecule has 1 amide bonds. The highest BCUT2D eigenvalue weighted by Crippen LogP contribution is 2.55. The summed E-state index contributed by atoms with van der Waals surface area (Å²) in [7, 11) is 0. The molecule has 0 saturated heterocycles. The Balaban J connectivity index is 1.57. The number of hydrogen-bond acceptors (Lipinski definition) is 5. The summed E-state index contributed by atoms with van der Waals surface area (Å²) in [6, 6.07) is 20.7. The van der Waals surface area contributed by atoms with Gasteiger partial charge in [-0.1, -0.05) is 86.3 Å². The minimum absolute atomic E-state index is 0.0970. The topological polar surface area (TPSA) is 72.7 Å². The molecule has 6 rings (SSSR count). The van der Waals surface area contributed by atoms with Crippen LogP contribution in [0.15, 0.2) is 71.2 Å². The minimum atomic E-state index is -0.264. The molecule has 1 saturated carbocycles. The molecule has 0 spiro atoms. The molecule has 1 aliphatic carbocycles. The van der Waals surface area contributed by atoms with Gasteiger partial charge in [-0.05, 0) is 74.7 Å². The highest BCUT2D eigenvalue weighted by Gasteiger charge is 2.49. The standard InChI is InChI=1S/C30H23BrCl3N5OS/c1-16(2)35-27(40)24-25(28-36-37-29(41-28)30(13-14-30)18-5-9-20(32)10-6-18)38-39(23-12-11-21(33)15-22(23)34)26(24)17-3-7-19(31)8-4-17/h3-12,15-16H,13-14H2,1-2H3,(H,35,40). The predicted molar refractivity (Wildman–Crippen MR) is 170 cm³/mol. The molecule has 0 bridgehead atoms. The van der Waals surface area contributed by atoms with Crippen molar-refractivity contribution in [2.24, 2.45) is 0 Å². The van der Waals surface area contributed by atoms with Crippen molar-refractivity contribution in [3.63, 3.8) is 0 Å². The van der Waals surface area contributed by atoms with Crippen molar-refractivity contribution in [2.45, 2.75) is 38.1 Å². The Morgan fingerprint density at radius 2 is 1.66 bits per heavy atom. The third kappa shape index (κ3) is 5.44. The predicted octanol–water partition coefficient (Wildman–Crippen LogP) is 9.00. The zero-order chi connectivity index (χ0) is 28.9. The van der Waals surface area contributed by atoms with Gasteiger partial charge >= 0.3 is 0 Å². The lowest BCUT2D eigenvalue weighted by atomic mass is 9.97. The maximum absolute atomic E-state index is 13.9. The molecule has 3 aromatic carbocycles. The summed E-state index contributed by atoms with van der Waals surface area (Å²) >= 11 is 24.0. The van der Waals surface area contributed by atoms with Gasteiger partial charge in [0.2, 0.25) is 0 Å². The van der Waals surface area contributed by atoms with Gasteiger partial charge in [-0.15, -0.1) is 10.2 Å². The summed E-state index contributed by atoms with van der Waals surface area (Å²) in [6.07, 6.45) is 1.92. The normalized spacial score (nSPS) is 13.9. The first kappa shape index (κ1) is 28.4. The summed E-state index contributed by atoms with van der Waals surface area (Å²) in [6.45, 7) is 3.84. The number of rotatable bonds is 7. The molecule has 41 heavy (non-hydrogen) atoms. The molecule has 0 radical (unpaired) electrons. The number of halogens is 4. The first-order valence-electron chi connectivity index (χ1n) is 12.9. The van der Waals surface area contributed by atoms with Crippen molar-refractivity contribution in [3.05, 3.63) is 102 Å². The summed E-state index contributed by atoms with van der Waals surface area (Å²) < 4.78 is 2.61. The number of benzene rings is 3. The summed E-state index contributed by atoms with van der Waals surface area (Å²) in [5.74, 6) is -0.264. The van der Waals surface area contributed by atoms with Crippen LogP contribution in [0.4, 0.5) is 0 Å². The van der Waals surface area contributed by atoms with Crippen LogP contribution in [0.25, 0.3) is 27.6 Å². The summed E-state index contributed by atoms with van der Waals surface area (Å²) in [4.78, 5) is 13.9. The SMILES string of the molecule is CC(C)NC(=O)c1c(-c2nnc(C3(c4ccc(Cl)cc4)CC3)s2)nn(-c2ccc(Cl)cc2Cl)c1-c1ccc(Br)cc1. The molecule has 6 nitrogen and oxygen atoms in total. The zero-order valence-corrected chi connectivity index (χ0v) is 26.6. The Morgan fingerprint density at radius 3 is 2.29 bits per heavy atom. The lowest BCUT2D eigenvalue weighted by Crippen LogP contribution is -2.30. The third-order valence-electron chi connectivity index (χ3n) is 6.97. The molecule has 1 N–H and O–H groups in total. The average molecular weight is 688 g/mol. The van der Waals surface area contributed by atoms with Crippen molar-refractivity contribution < 1.29 is 4.79 Å². The first-order chi connectivity index (χ1) is 19.7. The van der Waals surface area contributed by atoms with Crippen LogP contribution in [0.1, 0.15) is 47.6 Å². The van der Waals surface area contributed by atoms with E-state index in [1.54, 1.807) is 22.9 Å². The van der Waals surface area contributed by atoms with Crippen molar-refractivity contribution in [3.8, 4) is 27.6 Å². The van der Waals surface area contributed by atoms with E-state index in [4.69, 9.17) is 39.9 Å². The third-order valence-corrected chi connectivity index (χ3v) is 9.42. The van der Waals surface area contributed by atoms with E-state index in [0.29, 0.717) is 42.7 Å². The molecule has 208 valence electrons. The second-order valence-corrected chi connectivity index (χ2v) is 13.4. The number of carbonyl (C=O) groups is 1. The molecule has 0 unspecified atom stereocenters. The Morgan fingerprint density at radius 1 is 0.976 bits per heavy atom. The van der Waals surface area contributed by atoms with E-state index in [1.165, 1.54) is 11.3 Å². The Bertz CT molecular complexity index is 1760. The van der Waals surface area contributed by atoms with E-state index in [1.807, 2.05) is 62.4 Å². The maximum Gasteiger partial charge on any atom is 0.256 e. The number of nitrogens with zero attached hydrogens (tertiary/aromatic N) is 4. The van der Waals surface area contributed by atoms with Crippen molar-refractivity contribution in [2.75, 3.05) is 0 Å². The molecule has 5 aromatic rings. The second kappa shape index (κ2) is 11.2. The van der Waals surface area contributed by atoms with Gasteiger partial charge in [0.1, 0.15) is 10.7 Å². The molecular formula is C30H23BrCl3N5OS. The second-order valence-electron chi connectivity index (χ2n) is 10.2. The van der Waals surface area contributed by atoms with E-state index in [0.717, 1.165) is 33.4 Å². The van der Waals surface area contributed by atoms with E-state index in [-0.39, 0.29) is 17.4 Å². The van der Waals surface area contributed by atoms with Crippen molar-refractivity contribution in [1.29, 1.82) is 0 Å². The fourth-order valence-corrected chi connectivity index (χ4v) is 6.83. The number of amides is 1. The quantitative estimate of drug-likeness (QED) is 0.185. The number of hydrogen-bond donors (Lipinski definition) is 1. The monoisotopic (exact) mass is 685 g/mol. The van der Waals surface area contributed by atoms with Gasteiger partial charge in [-0.3, -0.25) is 4.79 Å². The van der Waals surface area contributed by atoms with E-state index in [2.05, 4.69) is 31.4 Å². The van der Waals surface area contributed by atoms with Crippen LogP contribution in [0.2, 0.25) is 15.1 Å². The molecule has 0 aliphatic heterocycles. The highest BCUT2D eigenvalue weighted by atomic mass is 79.9. The lowest BCUT2D eigenvalue weighted by molar-refractivity contribution is 0.0944. The van der Waals surface area contributed by atoms with Gasteiger partial charge in [0, 0.05) is 31.5 Å². The van der Waals surface area contributed by atoms with Gasteiger partial charge in [0.05, 0.1) is 22.0 Å². The largest absolute Gasteiger partial charge is 0.350 e. The van der Waals surface area contributed by atoms with Crippen LogP contribution >= 0.6 is 62.1 Å². The molecule has 1 fully saturated rings. The molecule has 1 aliphatic rings.